The van der Waals surface area contributed by atoms with Gasteiger partial charge in [0.2, 0.25) is 0 Å². The number of benzene rings is 1. The Hall–Kier alpha value is -1.14. The summed E-state index contributed by atoms with van der Waals surface area (Å²) in [6.07, 6.45) is 3.10. The largest absolute Gasteiger partial charge is 0.491 e. The molecule has 1 heterocycles. The number of rotatable bonds is 7. The van der Waals surface area contributed by atoms with Gasteiger partial charge in [-0.05, 0) is 42.5 Å². The van der Waals surface area contributed by atoms with Crippen LogP contribution in [0.25, 0.3) is 0 Å². The van der Waals surface area contributed by atoms with Gasteiger partial charge < -0.3 is 14.9 Å². The summed E-state index contributed by atoms with van der Waals surface area (Å²) in [6.45, 7) is 5.76. The zero-order valence-electron chi connectivity index (χ0n) is 13.8. The number of aliphatic hydroxyl groups excluding tert-OH is 2. The van der Waals surface area contributed by atoms with Crippen LogP contribution in [0.2, 0.25) is 0 Å². The highest BCUT2D eigenvalue weighted by Gasteiger charge is 2.19. The summed E-state index contributed by atoms with van der Waals surface area (Å²) >= 11 is 0. The first-order valence-electron chi connectivity index (χ1n) is 8.73. The summed E-state index contributed by atoms with van der Waals surface area (Å²) in [4.78, 5) is 4.52. The molecule has 1 aliphatic carbocycles. The predicted octanol–water partition coefficient (Wildman–Crippen LogP) is 0.525. The molecule has 0 amide bonds. The van der Waals surface area contributed by atoms with Crippen molar-refractivity contribution in [3.05, 3.63) is 29.3 Å². The van der Waals surface area contributed by atoms with Crippen LogP contribution in [-0.2, 0) is 12.8 Å². The van der Waals surface area contributed by atoms with Crippen molar-refractivity contribution >= 4 is 0 Å². The van der Waals surface area contributed by atoms with Crippen LogP contribution in [0.15, 0.2) is 18.2 Å². The fourth-order valence-corrected chi connectivity index (χ4v) is 3.52. The molecule has 1 aromatic carbocycles. The number of ether oxygens (including phenoxy) is 1. The molecule has 1 saturated heterocycles. The van der Waals surface area contributed by atoms with Crippen LogP contribution in [0.1, 0.15) is 17.5 Å². The Morgan fingerprint density at radius 1 is 1.04 bits per heavy atom. The molecule has 1 fully saturated rings. The molecule has 0 aromatic heterocycles. The molecule has 1 atom stereocenters. The molecule has 2 N–H and O–H groups in total. The van der Waals surface area contributed by atoms with E-state index in [4.69, 9.17) is 9.84 Å². The molecule has 23 heavy (non-hydrogen) atoms. The van der Waals surface area contributed by atoms with Gasteiger partial charge in [0.25, 0.3) is 0 Å². The predicted molar refractivity (Wildman–Crippen MR) is 89.9 cm³/mol. The maximum absolute atomic E-state index is 10.2. The Kier molecular flexibility index (Phi) is 5.89. The minimum Gasteiger partial charge on any atom is -0.491 e. The van der Waals surface area contributed by atoms with Gasteiger partial charge in [0.15, 0.2) is 0 Å². The third-order valence-corrected chi connectivity index (χ3v) is 4.86. The van der Waals surface area contributed by atoms with E-state index in [-0.39, 0.29) is 6.61 Å². The summed E-state index contributed by atoms with van der Waals surface area (Å²) < 4.78 is 5.77. The van der Waals surface area contributed by atoms with Crippen molar-refractivity contribution < 1.29 is 14.9 Å². The summed E-state index contributed by atoms with van der Waals surface area (Å²) in [5.74, 6) is 0.873. The van der Waals surface area contributed by atoms with Crippen molar-refractivity contribution in [2.24, 2.45) is 0 Å². The van der Waals surface area contributed by atoms with Gasteiger partial charge in [-0.15, -0.1) is 0 Å². The van der Waals surface area contributed by atoms with Gasteiger partial charge in [-0.3, -0.25) is 9.80 Å². The van der Waals surface area contributed by atoms with Crippen molar-refractivity contribution in [3.8, 4) is 5.75 Å². The summed E-state index contributed by atoms with van der Waals surface area (Å²) in [5, 5.41) is 19.2. The molecular formula is C18H28N2O3. The fourth-order valence-electron chi connectivity index (χ4n) is 3.52. The Morgan fingerprint density at radius 3 is 2.57 bits per heavy atom. The van der Waals surface area contributed by atoms with E-state index in [1.807, 2.05) is 6.07 Å². The van der Waals surface area contributed by atoms with Crippen LogP contribution >= 0.6 is 0 Å². The van der Waals surface area contributed by atoms with Crippen molar-refractivity contribution in [1.82, 2.24) is 9.80 Å². The van der Waals surface area contributed by atoms with Crippen LogP contribution in [0.4, 0.5) is 0 Å². The summed E-state index contributed by atoms with van der Waals surface area (Å²) in [7, 11) is 0. The minimum absolute atomic E-state index is 0.219. The lowest BCUT2D eigenvalue weighted by molar-refractivity contribution is 0.0428. The van der Waals surface area contributed by atoms with Crippen LogP contribution in [0.5, 0.6) is 5.75 Å². The highest BCUT2D eigenvalue weighted by Crippen LogP contribution is 2.26. The molecular weight excluding hydrogens is 292 g/mol. The van der Waals surface area contributed by atoms with E-state index < -0.39 is 6.10 Å². The first-order valence-corrected chi connectivity index (χ1v) is 8.73. The number of β-amino-alcohol motifs (C(OH)–C–C–N with tert-alkyl or cyclic N) is 2. The van der Waals surface area contributed by atoms with Gasteiger partial charge in [0, 0.05) is 39.3 Å². The van der Waals surface area contributed by atoms with Gasteiger partial charge in [0.05, 0.1) is 6.61 Å². The molecule has 0 bridgehead atoms. The van der Waals surface area contributed by atoms with E-state index in [1.54, 1.807) is 0 Å². The standard InChI is InChI=1S/C18H28N2O3/c21-11-10-19-6-8-20(9-7-19)13-17(22)14-23-18-5-4-15-2-1-3-16(15)12-18/h4-5,12,17,21-22H,1-3,6-11,13-14H2/t17-/m0/s1. The third-order valence-electron chi connectivity index (χ3n) is 4.86. The highest BCUT2D eigenvalue weighted by atomic mass is 16.5. The number of aliphatic hydroxyl groups is 2. The first-order chi connectivity index (χ1) is 11.2. The SMILES string of the molecule is OCCN1CCN(C[C@H](O)COc2ccc3c(c2)CCC3)CC1. The van der Waals surface area contributed by atoms with Gasteiger partial charge >= 0.3 is 0 Å². The number of fused-ring (bicyclic) bond motifs is 1. The topological polar surface area (TPSA) is 56.2 Å². The molecule has 1 aromatic rings. The van der Waals surface area contributed by atoms with E-state index in [0.717, 1.165) is 44.9 Å². The molecule has 0 radical (unpaired) electrons. The smallest absolute Gasteiger partial charge is 0.119 e. The molecule has 0 unspecified atom stereocenters. The second-order valence-corrected chi connectivity index (χ2v) is 6.61. The minimum atomic E-state index is -0.465. The van der Waals surface area contributed by atoms with Crippen LogP contribution in [0, 0.1) is 0 Å². The van der Waals surface area contributed by atoms with Gasteiger partial charge in [-0.2, -0.15) is 0 Å². The average molecular weight is 320 g/mol. The molecule has 0 spiro atoms. The number of hydrogen-bond donors (Lipinski definition) is 2. The highest BCUT2D eigenvalue weighted by molar-refractivity contribution is 5.38. The number of aryl methyl sites for hydroxylation is 2. The number of hydrogen-bond acceptors (Lipinski definition) is 5. The monoisotopic (exact) mass is 320 g/mol. The normalized spacial score (nSPS) is 20.4. The Bertz CT molecular complexity index is 501. The molecule has 5 heteroatoms. The average Bonchev–Trinajstić information content (AvgIpc) is 3.03. The number of nitrogens with zero attached hydrogens (tertiary/aromatic N) is 2. The second kappa shape index (κ2) is 8.11. The van der Waals surface area contributed by atoms with Crippen molar-refractivity contribution in [1.29, 1.82) is 0 Å². The first kappa shape index (κ1) is 16.7. The Labute approximate surface area is 138 Å². The van der Waals surface area contributed by atoms with Gasteiger partial charge in [-0.25, -0.2) is 0 Å². The summed E-state index contributed by atoms with van der Waals surface area (Å²) in [6, 6.07) is 6.30. The van der Waals surface area contributed by atoms with Crippen molar-refractivity contribution in [2.75, 3.05) is 52.5 Å². The third kappa shape index (κ3) is 4.67. The summed E-state index contributed by atoms with van der Waals surface area (Å²) in [5.41, 5.74) is 2.84. The second-order valence-electron chi connectivity index (χ2n) is 6.61. The molecule has 0 saturated carbocycles. The van der Waals surface area contributed by atoms with Gasteiger partial charge in [-0.1, -0.05) is 6.07 Å². The molecule has 2 aliphatic rings. The van der Waals surface area contributed by atoms with Gasteiger partial charge in [0.1, 0.15) is 18.5 Å². The molecule has 1 aliphatic heterocycles. The lowest BCUT2D eigenvalue weighted by atomic mass is 10.1. The maximum Gasteiger partial charge on any atom is 0.119 e. The van der Waals surface area contributed by atoms with Crippen LogP contribution < -0.4 is 4.74 Å². The van der Waals surface area contributed by atoms with E-state index in [0.29, 0.717) is 13.2 Å². The molecule has 128 valence electrons. The maximum atomic E-state index is 10.2. The number of piperazine rings is 1. The quantitative estimate of drug-likeness (QED) is 0.767. The molecule has 3 rings (SSSR count). The van der Waals surface area contributed by atoms with E-state index in [9.17, 15) is 5.11 Å². The molecule has 5 nitrogen and oxygen atoms in total. The van der Waals surface area contributed by atoms with Crippen molar-refractivity contribution in [3.63, 3.8) is 0 Å². The van der Waals surface area contributed by atoms with Crippen LogP contribution in [0.3, 0.4) is 0 Å². The zero-order chi connectivity index (χ0) is 16.1. The van der Waals surface area contributed by atoms with Crippen molar-refractivity contribution in [2.45, 2.75) is 25.4 Å². The van der Waals surface area contributed by atoms with E-state index in [2.05, 4.69) is 21.9 Å². The zero-order valence-corrected chi connectivity index (χ0v) is 13.8. The Balaban J connectivity index is 1.39. The Morgan fingerprint density at radius 2 is 1.78 bits per heavy atom. The fraction of sp³-hybridized carbons (Fsp3) is 0.667. The van der Waals surface area contributed by atoms with E-state index >= 15 is 0 Å². The van der Waals surface area contributed by atoms with Crippen LogP contribution in [-0.4, -0.2) is 78.6 Å². The lowest BCUT2D eigenvalue weighted by Crippen LogP contribution is -2.49. The lowest BCUT2D eigenvalue weighted by Gasteiger charge is -2.35. The van der Waals surface area contributed by atoms with E-state index in [1.165, 1.54) is 24.0 Å².